The molecule has 0 aliphatic carbocycles. The largest absolute Gasteiger partial charge is 0.264 e. The molecule has 0 radical (unpaired) electrons. The van der Waals surface area contributed by atoms with E-state index in [1.807, 2.05) is 35.9 Å². The number of rotatable bonds is 4. The monoisotopic (exact) mass is 546 g/mol. The quantitative estimate of drug-likeness (QED) is 0.219. The molecule has 0 fully saturated rings. The third-order valence-corrected chi connectivity index (χ3v) is 9.83. The van der Waals surface area contributed by atoms with E-state index in [2.05, 4.69) is 114 Å². The van der Waals surface area contributed by atoms with E-state index in [0.29, 0.717) is 0 Å². The van der Waals surface area contributed by atoms with Gasteiger partial charge in [0.05, 0.1) is 10.2 Å². The summed E-state index contributed by atoms with van der Waals surface area (Å²) in [6, 6.07) is 43.5. The Hall–Kier alpha value is -4.64. The first-order valence-corrected chi connectivity index (χ1v) is 14.9. The third-order valence-electron chi connectivity index (χ3n) is 7.45. The van der Waals surface area contributed by atoms with Crippen molar-refractivity contribution >= 4 is 53.1 Å². The zero-order valence-electron chi connectivity index (χ0n) is 21.4. The summed E-state index contributed by atoms with van der Waals surface area (Å²) in [6.07, 6.45) is 3.72. The minimum Gasteiger partial charge on any atom is -0.264 e. The van der Waals surface area contributed by atoms with Crippen LogP contribution in [0.15, 0.2) is 134 Å². The zero-order valence-corrected chi connectivity index (χ0v) is 23.0. The predicted molar refractivity (Wildman–Crippen MR) is 172 cm³/mol. The molecule has 0 bridgehead atoms. The number of nitrogens with zero attached hydrogens (tertiary/aromatic N) is 2. The second-order valence-corrected chi connectivity index (χ2v) is 11.9. The Morgan fingerprint density at radius 3 is 1.70 bits per heavy atom. The maximum absolute atomic E-state index is 4.84. The highest BCUT2D eigenvalue weighted by Crippen LogP contribution is 2.44. The SMILES string of the molecule is c1cncc(-c2ccc(-c3cccc4c3sc3c(-c5ccc(-c6nc7ccccc7s6)cc5)cccc34)cc2)c1. The number of thiophene rings is 1. The van der Waals surface area contributed by atoms with Gasteiger partial charge < -0.3 is 0 Å². The van der Waals surface area contributed by atoms with Gasteiger partial charge in [-0.05, 0) is 51.6 Å². The van der Waals surface area contributed by atoms with Gasteiger partial charge in [-0.3, -0.25) is 4.98 Å². The summed E-state index contributed by atoms with van der Waals surface area (Å²) in [5.41, 5.74) is 9.52. The van der Waals surface area contributed by atoms with Gasteiger partial charge >= 0.3 is 0 Å². The third kappa shape index (κ3) is 3.92. The molecule has 4 heteroatoms. The Bertz CT molecular complexity index is 2110. The lowest BCUT2D eigenvalue weighted by atomic mass is 9.98. The Morgan fingerprint density at radius 2 is 1.07 bits per heavy atom. The predicted octanol–water partition coefficient (Wildman–Crippen LogP) is 10.7. The maximum Gasteiger partial charge on any atom is 0.124 e. The van der Waals surface area contributed by atoms with Crippen molar-refractivity contribution in [1.82, 2.24) is 9.97 Å². The minimum atomic E-state index is 1.06. The summed E-state index contributed by atoms with van der Waals surface area (Å²) in [6.45, 7) is 0. The number of para-hydroxylation sites is 1. The number of pyridine rings is 1. The van der Waals surface area contributed by atoms with Crippen LogP contribution in [0.2, 0.25) is 0 Å². The van der Waals surface area contributed by atoms with Crippen molar-refractivity contribution in [2.24, 2.45) is 0 Å². The minimum absolute atomic E-state index is 1.06. The van der Waals surface area contributed by atoms with Gasteiger partial charge in [0.15, 0.2) is 0 Å². The molecule has 3 heterocycles. The van der Waals surface area contributed by atoms with Crippen molar-refractivity contribution < 1.29 is 0 Å². The summed E-state index contributed by atoms with van der Waals surface area (Å²) in [7, 11) is 0. The second-order valence-electron chi connectivity index (χ2n) is 9.85. The smallest absolute Gasteiger partial charge is 0.124 e. The van der Waals surface area contributed by atoms with E-state index in [0.717, 1.165) is 21.7 Å². The van der Waals surface area contributed by atoms with Crippen LogP contribution in [-0.4, -0.2) is 9.97 Å². The Labute approximate surface area is 239 Å². The average molecular weight is 547 g/mol. The first kappa shape index (κ1) is 23.3. The first-order chi connectivity index (χ1) is 19.8. The lowest BCUT2D eigenvalue weighted by molar-refractivity contribution is 1.33. The molecule has 8 aromatic rings. The molecule has 0 spiro atoms. The van der Waals surface area contributed by atoms with Crippen molar-refractivity contribution in [1.29, 1.82) is 0 Å². The number of hydrogen-bond acceptors (Lipinski definition) is 4. The molecule has 8 rings (SSSR count). The van der Waals surface area contributed by atoms with E-state index in [-0.39, 0.29) is 0 Å². The van der Waals surface area contributed by atoms with Crippen LogP contribution in [0.1, 0.15) is 0 Å². The molecule has 5 aromatic carbocycles. The van der Waals surface area contributed by atoms with Gasteiger partial charge in [-0.2, -0.15) is 0 Å². The van der Waals surface area contributed by atoms with Crippen molar-refractivity contribution in [2.45, 2.75) is 0 Å². The molecule has 0 atom stereocenters. The van der Waals surface area contributed by atoms with Crippen molar-refractivity contribution in [3.63, 3.8) is 0 Å². The van der Waals surface area contributed by atoms with Crippen LogP contribution in [0.3, 0.4) is 0 Å². The Kier molecular flexibility index (Phi) is 5.54. The van der Waals surface area contributed by atoms with Crippen molar-refractivity contribution in [3.05, 3.63) is 134 Å². The van der Waals surface area contributed by atoms with Gasteiger partial charge in [-0.15, -0.1) is 22.7 Å². The van der Waals surface area contributed by atoms with Crippen LogP contribution in [0.5, 0.6) is 0 Å². The summed E-state index contributed by atoms with van der Waals surface area (Å²) in [4.78, 5) is 9.11. The van der Waals surface area contributed by atoms with Crippen LogP contribution in [-0.2, 0) is 0 Å². The summed E-state index contributed by atoms with van der Waals surface area (Å²) in [5.74, 6) is 0. The molecule has 2 nitrogen and oxygen atoms in total. The van der Waals surface area contributed by atoms with Gasteiger partial charge in [-0.1, -0.05) is 103 Å². The van der Waals surface area contributed by atoms with E-state index < -0.39 is 0 Å². The Morgan fingerprint density at radius 1 is 0.450 bits per heavy atom. The van der Waals surface area contributed by atoms with Crippen LogP contribution < -0.4 is 0 Å². The first-order valence-electron chi connectivity index (χ1n) is 13.2. The number of hydrogen-bond donors (Lipinski definition) is 0. The number of fused-ring (bicyclic) bond motifs is 4. The molecule has 0 amide bonds. The van der Waals surface area contributed by atoms with Crippen LogP contribution in [0, 0.1) is 0 Å². The molecular formula is C36H22N2S2. The fraction of sp³-hybridized carbons (Fsp3) is 0. The average Bonchev–Trinajstić information content (AvgIpc) is 3.64. The Balaban J connectivity index is 1.20. The molecule has 0 N–H and O–H groups in total. The lowest BCUT2D eigenvalue weighted by Gasteiger charge is -2.06. The molecule has 3 aromatic heterocycles. The summed E-state index contributed by atoms with van der Waals surface area (Å²) < 4.78 is 3.87. The highest BCUT2D eigenvalue weighted by atomic mass is 32.1. The molecule has 0 saturated carbocycles. The van der Waals surface area contributed by atoms with E-state index in [9.17, 15) is 0 Å². The second kappa shape index (κ2) is 9.53. The number of benzene rings is 5. The van der Waals surface area contributed by atoms with Gasteiger partial charge in [0.2, 0.25) is 0 Å². The van der Waals surface area contributed by atoms with E-state index in [1.54, 1.807) is 11.3 Å². The maximum atomic E-state index is 4.84. The number of thiazole rings is 1. The summed E-state index contributed by atoms with van der Waals surface area (Å²) in [5, 5.41) is 3.68. The number of aromatic nitrogens is 2. The molecule has 0 unspecified atom stereocenters. The van der Waals surface area contributed by atoms with Crippen LogP contribution >= 0.6 is 22.7 Å². The fourth-order valence-electron chi connectivity index (χ4n) is 5.44. The van der Waals surface area contributed by atoms with Crippen molar-refractivity contribution in [2.75, 3.05) is 0 Å². The van der Waals surface area contributed by atoms with Crippen LogP contribution in [0.4, 0.5) is 0 Å². The lowest BCUT2D eigenvalue weighted by Crippen LogP contribution is -1.81. The molecule has 188 valence electrons. The van der Waals surface area contributed by atoms with E-state index in [4.69, 9.17) is 4.98 Å². The standard InChI is InChI=1S/C36H22N2S2/c1-2-12-33-32(11-1)38-36(39-33)26-19-17-25(18-20-26)29-8-4-10-31-30-9-3-7-28(34(30)40-35(29)31)24-15-13-23(14-16-24)27-6-5-21-37-22-27/h1-22H. The van der Waals surface area contributed by atoms with Gasteiger partial charge in [-0.25, -0.2) is 4.98 Å². The molecular weight excluding hydrogens is 525 g/mol. The molecule has 0 saturated heterocycles. The van der Waals surface area contributed by atoms with E-state index in [1.165, 1.54) is 52.7 Å². The van der Waals surface area contributed by atoms with Gasteiger partial charge in [0.25, 0.3) is 0 Å². The summed E-state index contributed by atoms with van der Waals surface area (Å²) >= 11 is 3.63. The molecule has 0 aliphatic heterocycles. The van der Waals surface area contributed by atoms with E-state index >= 15 is 0 Å². The van der Waals surface area contributed by atoms with Gasteiger partial charge in [0, 0.05) is 38.1 Å². The van der Waals surface area contributed by atoms with Crippen molar-refractivity contribution in [3.8, 4) is 44.0 Å². The fourth-order valence-corrected chi connectivity index (χ4v) is 7.78. The highest BCUT2D eigenvalue weighted by Gasteiger charge is 2.14. The highest BCUT2D eigenvalue weighted by molar-refractivity contribution is 7.27. The zero-order chi connectivity index (χ0) is 26.5. The van der Waals surface area contributed by atoms with Gasteiger partial charge in [0.1, 0.15) is 5.01 Å². The normalized spacial score (nSPS) is 11.5. The molecule has 0 aliphatic rings. The topological polar surface area (TPSA) is 25.8 Å². The van der Waals surface area contributed by atoms with Crippen LogP contribution in [0.25, 0.3) is 74.3 Å². The molecule has 40 heavy (non-hydrogen) atoms.